The summed E-state index contributed by atoms with van der Waals surface area (Å²) in [5.41, 5.74) is -0.528. The molecule has 0 atom stereocenters. The number of hydrogen-bond acceptors (Lipinski definition) is 6. The van der Waals surface area contributed by atoms with Crippen LogP contribution in [0.25, 0.3) is 0 Å². The number of hydrazine groups is 1. The molecule has 0 unspecified atom stereocenters. The summed E-state index contributed by atoms with van der Waals surface area (Å²) < 4.78 is 81.1. The maximum absolute atomic E-state index is 12.6. The van der Waals surface area contributed by atoms with Crippen molar-refractivity contribution < 1.29 is 31.1 Å². The molecule has 12 heteroatoms. The van der Waals surface area contributed by atoms with E-state index in [4.69, 9.17) is 10.6 Å². The van der Waals surface area contributed by atoms with Gasteiger partial charge < -0.3 is 9.64 Å². The minimum atomic E-state index is -4.74. The van der Waals surface area contributed by atoms with E-state index < -0.39 is 36.9 Å². The van der Waals surface area contributed by atoms with Gasteiger partial charge in [0.2, 0.25) is 0 Å². The molecule has 0 radical (unpaired) electrons. The lowest BCUT2D eigenvalue weighted by Gasteiger charge is -2.30. The van der Waals surface area contributed by atoms with Crippen LogP contribution >= 0.6 is 0 Å². The van der Waals surface area contributed by atoms with Gasteiger partial charge in [-0.2, -0.15) is 26.3 Å². The number of halogens is 6. The lowest BCUT2D eigenvalue weighted by atomic mass is 10.1. The Labute approximate surface area is 144 Å². The fourth-order valence-electron chi connectivity index (χ4n) is 3.04. The lowest BCUT2D eigenvalue weighted by molar-refractivity contribution is -0.205. The molecule has 2 N–H and O–H groups in total. The van der Waals surface area contributed by atoms with E-state index in [0.29, 0.717) is 24.3 Å². The van der Waals surface area contributed by atoms with E-state index in [2.05, 4.69) is 9.97 Å². The van der Waals surface area contributed by atoms with Gasteiger partial charge in [0.05, 0.1) is 37.3 Å². The molecule has 0 aromatic carbocycles. The molecule has 26 heavy (non-hydrogen) atoms. The maximum Gasteiger partial charge on any atom is 0.391 e. The SMILES string of the molecule is NN1CN(CC2(OC(CC(F)(F)F)CC(F)(F)F)CC2)c2ncncc21. The van der Waals surface area contributed by atoms with E-state index in [-0.39, 0.29) is 13.2 Å². The highest BCUT2D eigenvalue weighted by Crippen LogP contribution is 2.46. The number of alkyl halides is 6. The standard InChI is InChI=1S/C14H17F6N5O/c15-13(16,17)3-9(4-14(18,19)20)26-12(1-2-12)6-24-8-25(21)10-5-22-7-23-11(10)24/h5,7,9H,1-4,6,8,21H2. The molecular formula is C14H17F6N5O. The van der Waals surface area contributed by atoms with Crippen LogP contribution in [0.2, 0.25) is 0 Å². The van der Waals surface area contributed by atoms with Crippen LogP contribution in [-0.2, 0) is 4.74 Å². The number of rotatable bonds is 6. The third kappa shape index (κ3) is 4.67. The van der Waals surface area contributed by atoms with Crippen molar-refractivity contribution in [3.05, 3.63) is 12.5 Å². The Hall–Kier alpha value is -1.82. The lowest BCUT2D eigenvalue weighted by Crippen LogP contribution is -2.43. The molecule has 0 bridgehead atoms. The molecule has 1 saturated carbocycles. The smallest absolute Gasteiger partial charge is 0.369 e. The van der Waals surface area contributed by atoms with Crippen LogP contribution < -0.4 is 15.8 Å². The third-order valence-electron chi connectivity index (χ3n) is 4.23. The van der Waals surface area contributed by atoms with Gasteiger partial charge in [0.15, 0.2) is 5.82 Å². The monoisotopic (exact) mass is 385 g/mol. The van der Waals surface area contributed by atoms with Gasteiger partial charge in [-0.15, -0.1) is 0 Å². The number of anilines is 2. The van der Waals surface area contributed by atoms with Crippen molar-refractivity contribution in [2.75, 3.05) is 23.1 Å². The molecule has 6 nitrogen and oxygen atoms in total. The molecule has 1 aromatic heterocycles. The molecule has 1 aliphatic heterocycles. The molecule has 0 spiro atoms. The highest BCUT2D eigenvalue weighted by molar-refractivity contribution is 5.70. The topological polar surface area (TPSA) is 67.5 Å². The number of fused-ring (bicyclic) bond motifs is 1. The molecule has 3 rings (SSSR count). The second-order valence-electron chi connectivity index (χ2n) is 6.60. The van der Waals surface area contributed by atoms with Gasteiger partial charge in [0.25, 0.3) is 0 Å². The maximum atomic E-state index is 12.6. The summed E-state index contributed by atoms with van der Waals surface area (Å²) in [7, 11) is 0. The first-order valence-corrected chi connectivity index (χ1v) is 7.85. The summed E-state index contributed by atoms with van der Waals surface area (Å²) in [6.45, 7) is 0.305. The van der Waals surface area contributed by atoms with Gasteiger partial charge in [0, 0.05) is 0 Å². The van der Waals surface area contributed by atoms with E-state index in [9.17, 15) is 26.3 Å². The van der Waals surface area contributed by atoms with Crippen LogP contribution in [0, 0.1) is 0 Å². The number of hydrogen-bond donors (Lipinski definition) is 1. The zero-order chi connectivity index (χ0) is 19.2. The Balaban J connectivity index is 1.70. The van der Waals surface area contributed by atoms with E-state index in [0.717, 1.165) is 0 Å². The largest absolute Gasteiger partial charge is 0.391 e. The fraction of sp³-hybridized carbons (Fsp3) is 0.714. The molecule has 146 valence electrons. The Morgan fingerprint density at radius 3 is 2.31 bits per heavy atom. The second-order valence-corrected chi connectivity index (χ2v) is 6.60. The molecule has 0 amide bonds. The molecule has 0 saturated heterocycles. The van der Waals surface area contributed by atoms with Crippen molar-refractivity contribution in [3.63, 3.8) is 0 Å². The van der Waals surface area contributed by atoms with Gasteiger partial charge in [-0.25, -0.2) is 15.8 Å². The summed E-state index contributed by atoms with van der Waals surface area (Å²) in [6.07, 6.45) is -11.2. The summed E-state index contributed by atoms with van der Waals surface area (Å²) in [5.74, 6) is 6.29. The Bertz CT molecular complexity index is 631. The summed E-state index contributed by atoms with van der Waals surface area (Å²) in [6, 6.07) is 0. The molecule has 2 heterocycles. The Morgan fingerprint density at radius 1 is 1.15 bits per heavy atom. The zero-order valence-corrected chi connectivity index (χ0v) is 13.5. The van der Waals surface area contributed by atoms with Crippen molar-refractivity contribution in [2.24, 2.45) is 5.84 Å². The fourth-order valence-corrected chi connectivity index (χ4v) is 3.04. The van der Waals surface area contributed by atoms with Crippen LogP contribution in [-0.4, -0.2) is 47.2 Å². The van der Waals surface area contributed by atoms with Gasteiger partial charge in [0.1, 0.15) is 18.7 Å². The molecule has 1 aliphatic carbocycles. The van der Waals surface area contributed by atoms with Crippen molar-refractivity contribution in [3.8, 4) is 0 Å². The number of aromatic nitrogens is 2. The summed E-state index contributed by atoms with van der Waals surface area (Å²) in [4.78, 5) is 9.59. The number of ether oxygens (including phenoxy) is 1. The van der Waals surface area contributed by atoms with Gasteiger partial charge in [-0.3, -0.25) is 5.01 Å². The molecule has 2 aliphatic rings. The second kappa shape index (κ2) is 6.41. The summed E-state index contributed by atoms with van der Waals surface area (Å²) in [5, 5.41) is 1.36. The van der Waals surface area contributed by atoms with E-state index in [1.807, 2.05) is 0 Å². The van der Waals surface area contributed by atoms with E-state index in [1.165, 1.54) is 17.5 Å². The first kappa shape index (κ1) is 19.0. The average Bonchev–Trinajstić information content (AvgIpc) is 3.14. The van der Waals surface area contributed by atoms with Crippen molar-refractivity contribution >= 4 is 11.5 Å². The highest BCUT2D eigenvalue weighted by atomic mass is 19.4. The van der Waals surface area contributed by atoms with Crippen LogP contribution in [0.15, 0.2) is 12.5 Å². The predicted molar refractivity (Wildman–Crippen MR) is 79.1 cm³/mol. The normalized spacial score (nSPS) is 19.2. The van der Waals surface area contributed by atoms with Gasteiger partial charge >= 0.3 is 12.4 Å². The average molecular weight is 385 g/mol. The first-order valence-electron chi connectivity index (χ1n) is 7.85. The predicted octanol–water partition coefficient (Wildman–Crippen LogP) is 2.76. The van der Waals surface area contributed by atoms with E-state index >= 15 is 0 Å². The zero-order valence-electron chi connectivity index (χ0n) is 13.5. The van der Waals surface area contributed by atoms with Gasteiger partial charge in [-0.05, 0) is 12.8 Å². The van der Waals surface area contributed by atoms with Crippen LogP contribution in [0.3, 0.4) is 0 Å². The van der Waals surface area contributed by atoms with Crippen molar-refractivity contribution in [1.82, 2.24) is 9.97 Å². The Kier molecular flexibility index (Phi) is 4.67. The van der Waals surface area contributed by atoms with Crippen LogP contribution in [0.5, 0.6) is 0 Å². The number of nitrogens with zero attached hydrogens (tertiary/aromatic N) is 4. The van der Waals surface area contributed by atoms with Crippen molar-refractivity contribution in [2.45, 2.75) is 49.7 Å². The van der Waals surface area contributed by atoms with Gasteiger partial charge in [-0.1, -0.05) is 0 Å². The van der Waals surface area contributed by atoms with E-state index in [1.54, 1.807) is 4.90 Å². The third-order valence-corrected chi connectivity index (χ3v) is 4.23. The molecular weight excluding hydrogens is 368 g/mol. The first-order chi connectivity index (χ1) is 12.0. The Morgan fingerprint density at radius 2 is 1.77 bits per heavy atom. The quantitative estimate of drug-likeness (QED) is 0.600. The molecule has 1 aromatic rings. The highest BCUT2D eigenvalue weighted by Gasteiger charge is 2.51. The number of nitrogens with two attached hydrogens (primary N) is 1. The van der Waals surface area contributed by atoms with Crippen molar-refractivity contribution in [1.29, 1.82) is 0 Å². The minimum absolute atomic E-state index is 0.108. The van der Waals surface area contributed by atoms with Crippen LogP contribution in [0.4, 0.5) is 37.8 Å². The summed E-state index contributed by atoms with van der Waals surface area (Å²) >= 11 is 0. The molecule has 1 fully saturated rings. The minimum Gasteiger partial charge on any atom is -0.369 e. The van der Waals surface area contributed by atoms with Crippen LogP contribution in [0.1, 0.15) is 25.7 Å².